The third-order valence-corrected chi connectivity index (χ3v) is 4.49. The Bertz CT molecular complexity index is 794. The molecular formula is C22H27F3N2O3. The van der Waals surface area contributed by atoms with Gasteiger partial charge < -0.3 is 20.5 Å². The molecule has 0 unspecified atom stereocenters. The van der Waals surface area contributed by atoms with Crippen LogP contribution in [0.25, 0.3) is 0 Å². The van der Waals surface area contributed by atoms with Gasteiger partial charge in [0.15, 0.2) is 0 Å². The van der Waals surface area contributed by atoms with E-state index in [1.54, 1.807) is 0 Å². The average Bonchev–Trinajstić information content (AvgIpc) is 2.72. The van der Waals surface area contributed by atoms with Crippen molar-refractivity contribution in [1.82, 2.24) is 0 Å². The summed E-state index contributed by atoms with van der Waals surface area (Å²) in [7, 11) is 0. The van der Waals surface area contributed by atoms with Gasteiger partial charge in [0, 0.05) is 12.2 Å². The van der Waals surface area contributed by atoms with Gasteiger partial charge in [0.2, 0.25) is 0 Å². The van der Waals surface area contributed by atoms with Crippen LogP contribution in [0.2, 0.25) is 0 Å². The quantitative estimate of drug-likeness (QED) is 0.571. The number of nitrogens with two attached hydrogens (primary N) is 1. The first kappa shape index (κ1) is 23.7. The molecule has 8 heteroatoms. The van der Waals surface area contributed by atoms with Crippen molar-refractivity contribution in [3.05, 3.63) is 60.2 Å². The lowest BCUT2D eigenvalue weighted by atomic mass is 10.0. The molecule has 0 spiro atoms. The van der Waals surface area contributed by atoms with E-state index in [1.807, 2.05) is 18.2 Å². The lowest BCUT2D eigenvalue weighted by Gasteiger charge is -2.31. The summed E-state index contributed by atoms with van der Waals surface area (Å²) >= 11 is 0. The molecule has 2 aromatic carbocycles. The summed E-state index contributed by atoms with van der Waals surface area (Å²) in [6.07, 6.45) is -2.33. The summed E-state index contributed by atoms with van der Waals surface area (Å²) < 4.78 is 44.6. The lowest BCUT2D eigenvalue weighted by Crippen LogP contribution is -2.55. The van der Waals surface area contributed by atoms with Crippen molar-refractivity contribution in [1.29, 1.82) is 0 Å². The van der Waals surface area contributed by atoms with Crippen LogP contribution in [0.5, 0.6) is 5.75 Å². The largest absolute Gasteiger partial charge is 0.494 e. The molecule has 1 amide bonds. The Morgan fingerprint density at radius 2 is 1.70 bits per heavy atom. The van der Waals surface area contributed by atoms with Crippen molar-refractivity contribution < 1.29 is 27.8 Å². The topological polar surface area (TPSA) is 75.8 Å². The molecule has 0 saturated carbocycles. The molecule has 1 atom stereocenters. The summed E-state index contributed by atoms with van der Waals surface area (Å²) in [6, 6.07) is 15.9. The first-order valence-corrected chi connectivity index (χ1v) is 9.67. The van der Waals surface area contributed by atoms with Crippen molar-refractivity contribution in [3.63, 3.8) is 0 Å². The molecule has 2 aromatic rings. The molecule has 0 fully saturated rings. The van der Waals surface area contributed by atoms with Crippen molar-refractivity contribution in [2.45, 2.75) is 37.9 Å². The molecule has 0 aliphatic heterocycles. The normalized spacial score (nSPS) is 13.5. The highest BCUT2D eigenvalue weighted by Crippen LogP contribution is 2.27. The van der Waals surface area contributed by atoms with E-state index >= 15 is 0 Å². The van der Waals surface area contributed by atoms with Gasteiger partial charge in [0.25, 0.3) is 0 Å². The maximum Gasteiger partial charge on any atom is 0.471 e. The summed E-state index contributed by atoms with van der Waals surface area (Å²) in [5.41, 5.74) is 5.67. The number of hydrogen-bond acceptors (Lipinski definition) is 4. The number of alkyl halides is 3. The standard InChI is InChI=1S/C22H27F3N2O3/c1-21(26,16-28)15-27(20(29)22(23,24)25)18-10-12-19(13-11-18)30-14-6-5-9-17-7-3-2-4-8-17/h2-4,7-8,10-13,28H,5-6,9,14-16,26H2,1H3/t21-/m0/s1. The second kappa shape index (κ2) is 10.4. The maximum atomic E-state index is 13.0. The molecule has 5 nitrogen and oxygen atoms in total. The molecule has 0 radical (unpaired) electrons. The van der Waals surface area contributed by atoms with Gasteiger partial charge >= 0.3 is 12.1 Å². The van der Waals surface area contributed by atoms with Crippen LogP contribution in [-0.2, 0) is 11.2 Å². The van der Waals surface area contributed by atoms with E-state index in [-0.39, 0.29) is 5.69 Å². The van der Waals surface area contributed by atoms with Gasteiger partial charge in [-0.15, -0.1) is 0 Å². The monoisotopic (exact) mass is 424 g/mol. The number of ether oxygens (including phenoxy) is 1. The second-order valence-corrected chi connectivity index (χ2v) is 7.49. The molecule has 2 rings (SSSR count). The van der Waals surface area contributed by atoms with Gasteiger partial charge in [-0.05, 0) is 56.0 Å². The van der Waals surface area contributed by atoms with Gasteiger partial charge in [-0.1, -0.05) is 30.3 Å². The Kier molecular flexibility index (Phi) is 8.25. The molecule has 3 N–H and O–H groups in total. The van der Waals surface area contributed by atoms with Crippen LogP contribution in [0, 0.1) is 0 Å². The number of halogens is 3. The van der Waals surface area contributed by atoms with Crippen molar-refractivity contribution in [2.24, 2.45) is 5.73 Å². The van der Waals surface area contributed by atoms with E-state index in [4.69, 9.17) is 10.5 Å². The molecule has 0 bridgehead atoms. The van der Waals surface area contributed by atoms with E-state index in [1.165, 1.54) is 36.8 Å². The summed E-state index contributed by atoms with van der Waals surface area (Å²) in [6.45, 7) is 0.791. The van der Waals surface area contributed by atoms with Crippen LogP contribution in [0.4, 0.5) is 18.9 Å². The van der Waals surface area contributed by atoms with Crippen molar-refractivity contribution in [3.8, 4) is 5.75 Å². The first-order chi connectivity index (χ1) is 14.1. The minimum Gasteiger partial charge on any atom is -0.494 e. The number of carbonyl (C=O) groups excluding carboxylic acids is 1. The van der Waals surface area contributed by atoms with Crippen LogP contribution in [-0.4, -0.2) is 42.5 Å². The number of aliphatic hydroxyl groups is 1. The van der Waals surface area contributed by atoms with E-state index < -0.39 is 30.8 Å². The van der Waals surface area contributed by atoms with E-state index in [2.05, 4.69) is 12.1 Å². The number of aliphatic hydroxyl groups excluding tert-OH is 1. The van der Waals surface area contributed by atoms with Gasteiger partial charge in [0.05, 0.1) is 18.8 Å². The molecular weight excluding hydrogens is 397 g/mol. The Morgan fingerprint density at radius 1 is 1.07 bits per heavy atom. The van der Waals surface area contributed by atoms with Crippen molar-refractivity contribution in [2.75, 3.05) is 24.7 Å². The van der Waals surface area contributed by atoms with E-state index in [0.717, 1.165) is 19.3 Å². The van der Waals surface area contributed by atoms with Gasteiger partial charge in [-0.25, -0.2) is 0 Å². The Balaban J connectivity index is 1.94. The van der Waals surface area contributed by atoms with Crippen LogP contribution in [0.3, 0.4) is 0 Å². The fraction of sp³-hybridized carbons (Fsp3) is 0.409. The fourth-order valence-electron chi connectivity index (χ4n) is 2.83. The minimum absolute atomic E-state index is 0.0267. The molecule has 30 heavy (non-hydrogen) atoms. The highest BCUT2D eigenvalue weighted by Gasteiger charge is 2.44. The zero-order valence-electron chi connectivity index (χ0n) is 16.9. The predicted molar refractivity (Wildman–Crippen MR) is 109 cm³/mol. The highest BCUT2D eigenvalue weighted by atomic mass is 19.4. The zero-order valence-corrected chi connectivity index (χ0v) is 16.9. The number of rotatable bonds is 10. The van der Waals surface area contributed by atoms with Crippen LogP contribution in [0.15, 0.2) is 54.6 Å². The minimum atomic E-state index is -5.06. The Hall–Kier alpha value is -2.58. The number of carbonyl (C=O) groups is 1. The van der Waals surface area contributed by atoms with Gasteiger partial charge in [-0.3, -0.25) is 4.79 Å². The number of hydrogen-bond donors (Lipinski definition) is 2. The summed E-state index contributed by atoms with van der Waals surface area (Å²) in [5.74, 6) is -1.54. The van der Waals surface area contributed by atoms with Gasteiger partial charge in [0.1, 0.15) is 5.75 Å². The highest BCUT2D eigenvalue weighted by molar-refractivity contribution is 5.97. The third kappa shape index (κ3) is 7.35. The third-order valence-electron chi connectivity index (χ3n) is 4.49. The average molecular weight is 424 g/mol. The van der Waals surface area contributed by atoms with Crippen LogP contribution < -0.4 is 15.4 Å². The lowest BCUT2D eigenvalue weighted by molar-refractivity contribution is -0.170. The second-order valence-electron chi connectivity index (χ2n) is 7.49. The fourth-order valence-corrected chi connectivity index (χ4v) is 2.83. The van der Waals surface area contributed by atoms with E-state index in [0.29, 0.717) is 17.3 Å². The number of aryl methyl sites for hydroxylation is 1. The predicted octanol–water partition coefficient (Wildman–Crippen LogP) is 3.69. The molecule has 0 aliphatic carbocycles. The summed E-state index contributed by atoms with van der Waals surface area (Å²) in [4.78, 5) is 12.4. The molecule has 0 aromatic heterocycles. The summed E-state index contributed by atoms with van der Waals surface area (Å²) in [5, 5.41) is 9.27. The SMILES string of the molecule is C[C@@](N)(CO)CN(C(=O)C(F)(F)F)c1ccc(OCCCCc2ccccc2)cc1. The smallest absolute Gasteiger partial charge is 0.471 e. The number of benzene rings is 2. The first-order valence-electron chi connectivity index (χ1n) is 9.67. The molecule has 164 valence electrons. The molecule has 0 aliphatic rings. The number of amides is 1. The zero-order chi connectivity index (χ0) is 22.2. The number of nitrogens with zero attached hydrogens (tertiary/aromatic N) is 1. The van der Waals surface area contributed by atoms with Crippen LogP contribution >= 0.6 is 0 Å². The molecule has 0 heterocycles. The van der Waals surface area contributed by atoms with Gasteiger partial charge in [-0.2, -0.15) is 13.2 Å². The van der Waals surface area contributed by atoms with Crippen LogP contribution in [0.1, 0.15) is 25.3 Å². The van der Waals surface area contributed by atoms with E-state index in [9.17, 15) is 23.1 Å². The Morgan fingerprint density at radius 3 is 2.27 bits per heavy atom. The Labute approximate surface area is 174 Å². The number of unbranched alkanes of at least 4 members (excludes halogenated alkanes) is 1. The maximum absolute atomic E-state index is 13.0. The molecule has 0 saturated heterocycles. The van der Waals surface area contributed by atoms with Crippen molar-refractivity contribution >= 4 is 11.6 Å². The number of anilines is 1.